The highest BCUT2D eigenvalue weighted by atomic mass is 35.5. The molecule has 4 aromatic rings. The van der Waals surface area contributed by atoms with Gasteiger partial charge in [-0.05, 0) is 40.6 Å². The molecular weight excluding hydrogens is 375 g/mol. The molecule has 0 saturated heterocycles. The number of hydrogen-bond donors (Lipinski definition) is 1. The Hall–Kier alpha value is -3.24. The fraction of sp³-hybridized carbons (Fsp3) is 0.0435. The number of halogens is 2. The number of carbonyl (C=O) groups is 1. The zero-order valence-corrected chi connectivity index (χ0v) is 15.6. The summed E-state index contributed by atoms with van der Waals surface area (Å²) in [5.41, 5.74) is 1.96. The minimum absolute atomic E-state index is 0.0176. The second kappa shape index (κ2) is 7.79. The molecule has 1 aromatic heterocycles. The lowest BCUT2D eigenvalue weighted by atomic mass is 10.0. The smallest absolute Gasteiger partial charge is 0.254 e. The lowest BCUT2D eigenvalue weighted by Gasteiger charge is -2.10. The SMILES string of the molecule is O=C(NCc1cccc2ccccc12)c1ccc(-c2ncccc2Cl)cc1F. The van der Waals surface area contributed by atoms with E-state index in [1.165, 1.54) is 12.1 Å². The van der Waals surface area contributed by atoms with E-state index in [0.29, 0.717) is 22.8 Å². The van der Waals surface area contributed by atoms with Gasteiger partial charge in [0.15, 0.2) is 0 Å². The Kier molecular flexibility index (Phi) is 5.04. The summed E-state index contributed by atoms with van der Waals surface area (Å²) in [5.74, 6) is -1.08. The Balaban J connectivity index is 1.54. The lowest BCUT2D eigenvalue weighted by molar-refractivity contribution is 0.0947. The third-order valence-electron chi connectivity index (χ3n) is 4.56. The van der Waals surface area contributed by atoms with Gasteiger partial charge in [-0.2, -0.15) is 0 Å². The van der Waals surface area contributed by atoms with Crippen LogP contribution in [0.15, 0.2) is 79.0 Å². The van der Waals surface area contributed by atoms with E-state index in [1.54, 1.807) is 24.4 Å². The summed E-state index contributed by atoms with van der Waals surface area (Å²) < 4.78 is 14.6. The van der Waals surface area contributed by atoms with Gasteiger partial charge in [0.25, 0.3) is 5.91 Å². The van der Waals surface area contributed by atoms with Crippen LogP contribution in [-0.2, 0) is 6.54 Å². The summed E-state index contributed by atoms with van der Waals surface area (Å²) in [6, 6.07) is 21.6. The Morgan fingerprint density at radius 1 is 1.00 bits per heavy atom. The van der Waals surface area contributed by atoms with Crippen molar-refractivity contribution < 1.29 is 9.18 Å². The molecule has 0 saturated carbocycles. The van der Waals surface area contributed by atoms with Crippen LogP contribution in [0.1, 0.15) is 15.9 Å². The summed E-state index contributed by atoms with van der Waals surface area (Å²) in [6.07, 6.45) is 1.59. The average molecular weight is 391 g/mol. The quantitative estimate of drug-likeness (QED) is 0.491. The fourth-order valence-corrected chi connectivity index (χ4v) is 3.39. The standard InChI is InChI=1S/C23H16ClFN2O/c24-20-9-4-12-26-22(20)16-10-11-19(21(25)13-16)23(28)27-14-17-7-3-6-15-5-1-2-8-18(15)17/h1-13H,14H2,(H,27,28). The molecule has 0 aliphatic heterocycles. The number of benzene rings is 3. The van der Waals surface area contributed by atoms with Crippen molar-refractivity contribution in [1.29, 1.82) is 0 Å². The molecule has 0 fully saturated rings. The highest BCUT2D eigenvalue weighted by Crippen LogP contribution is 2.26. The van der Waals surface area contributed by atoms with Crippen molar-refractivity contribution in [3.63, 3.8) is 0 Å². The summed E-state index contributed by atoms with van der Waals surface area (Å²) in [6.45, 7) is 0.313. The van der Waals surface area contributed by atoms with Crippen molar-refractivity contribution in [2.45, 2.75) is 6.54 Å². The molecule has 0 atom stereocenters. The predicted molar refractivity (Wildman–Crippen MR) is 110 cm³/mol. The Labute approximate surface area is 166 Å². The maximum Gasteiger partial charge on any atom is 0.254 e. The first-order chi connectivity index (χ1) is 13.6. The second-order valence-electron chi connectivity index (χ2n) is 6.35. The maximum absolute atomic E-state index is 14.6. The molecular formula is C23H16ClFN2O. The van der Waals surface area contributed by atoms with Crippen LogP contribution in [0.4, 0.5) is 4.39 Å². The van der Waals surface area contributed by atoms with Gasteiger partial charge in [0.1, 0.15) is 5.82 Å². The number of nitrogens with zero attached hydrogens (tertiary/aromatic N) is 1. The Morgan fingerprint density at radius 3 is 2.64 bits per heavy atom. The first-order valence-corrected chi connectivity index (χ1v) is 9.16. The van der Waals surface area contributed by atoms with Gasteiger partial charge < -0.3 is 5.32 Å². The molecule has 0 spiro atoms. The van der Waals surface area contributed by atoms with Crippen molar-refractivity contribution in [1.82, 2.24) is 10.3 Å². The van der Waals surface area contributed by atoms with Crippen LogP contribution >= 0.6 is 11.6 Å². The van der Waals surface area contributed by atoms with E-state index in [9.17, 15) is 9.18 Å². The van der Waals surface area contributed by atoms with Crippen molar-refractivity contribution in [3.8, 4) is 11.3 Å². The Morgan fingerprint density at radius 2 is 1.82 bits per heavy atom. The van der Waals surface area contributed by atoms with Gasteiger partial charge >= 0.3 is 0 Å². The van der Waals surface area contributed by atoms with Gasteiger partial charge in [0, 0.05) is 18.3 Å². The number of fused-ring (bicyclic) bond motifs is 1. The van der Waals surface area contributed by atoms with Crippen LogP contribution in [0.3, 0.4) is 0 Å². The minimum Gasteiger partial charge on any atom is -0.348 e. The molecule has 0 radical (unpaired) electrons. The van der Waals surface area contributed by atoms with Crippen molar-refractivity contribution in [2.24, 2.45) is 0 Å². The zero-order chi connectivity index (χ0) is 19.5. The molecule has 28 heavy (non-hydrogen) atoms. The number of carbonyl (C=O) groups excluding carboxylic acids is 1. The van der Waals surface area contributed by atoms with Gasteiger partial charge in [-0.15, -0.1) is 0 Å². The van der Waals surface area contributed by atoms with E-state index in [0.717, 1.165) is 16.3 Å². The van der Waals surface area contributed by atoms with E-state index in [2.05, 4.69) is 10.3 Å². The van der Waals surface area contributed by atoms with Crippen molar-refractivity contribution >= 4 is 28.3 Å². The number of nitrogens with one attached hydrogen (secondary N) is 1. The van der Waals surface area contributed by atoms with Crippen LogP contribution in [0, 0.1) is 5.82 Å². The summed E-state index contributed by atoms with van der Waals surface area (Å²) in [7, 11) is 0. The van der Waals surface area contributed by atoms with Gasteiger partial charge in [-0.3, -0.25) is 9.78 Å². The van der Waals surface area contributed by atoms with Crippen molar-refractivity contribution in [3.05, 3.63) is 101 Å². The summed E-state index contributed by atoms with van der Waals surface area (Å²) in [4.78, 5) is 16.7. The number of pyridine rings is 1. The first-order valence-electron chi connectivity index (χ1n) is 8.79. The van der Waals surface area contributed by atoms with E-state index < -0.39 is 11.7 Å². The minimum atomic E-state index is -0.616. The molecule has 1 heterocycles. The molecule has 0 aliphatic carbocycles. The Bertz CT molecular complexity index is 1170. The number of hydrogen-bond acceptors (Lipinski definition) is 2. The number of rotatable bonds is 4. The van der Waals surface area contributed by atoms with Gasteiger partial charge in [0.2, 0.25) is 0 Å². The zero-order valence-electron chi connectivity index (χ0n) is 14.8. The first kappa shape index (κ1) is 18.1. The van der Waals surface area contributed by atoms with Crippen LogP contribution in [-0.4, -0.2) is 10.9 Å². The third-order valence-corrected chi connectivity index (χ3v) is 4.87. The molecule has 5 heteroatoms. The number of aromatic nitrogens is 1. The van der Waals surface area contributed by atoms with E-state index in [4.69, 9.17) is 11.6 Å². The highest BCUT2D eigenvalue weighted by Gasteiger charge is 2.14. The van der Waals surface area contributed by atoms with Crippen LogP contribution in [0.25, 0.3) is 22.0 Å². The predicted octanol–water partition coefficient (Wildman–Crippen LogP) is 5.62. The van der Waals surface area contributed by atoms with Gasteiger partial charge in [-0.25, -0.2) is 4.39 Å². The molecule has 138 valence electrons. The molecule has 1 amide bonds. The molecule has 3 nitrogen and oxygen atoms in total. The summed E-state index contributed by atoms with van der Waals surface area (Å²) in [5, 5.41) is 5.38. The van der Waals surface area contributed by atoms with E-state index in [1.807, 2.05) is 42.5 Å². The van der Waals surface area contributed by atoms with Gasteiger partial charge in [0.05, 0.1) is 16.3 Å². The fourth-order valence-electron chi connectivity index (χ4n) is 3.16. The van der Waals surface area contributed by atoms with Crippen LogP contribution < -0.4 is 5.32 Å². The largest absolute Gasteiger partial charge is 0.348 e. The highest BCUT2D eigenvalue weighted by molar-refractivity contribution is 6.33. The summed E-state index contributed by atoms with van der Waals surface area (Å²) >= 11 is 6.11. The topological polar surface area (TPSA) is 42.0 Å². The normalized spacial score (nSPS) is 10.8. The van der Waals surface area contributed by atoms with E-state index in [-0.39, 0.29) is 5.56 Å². The molecule has 0 unspecified atom stereocenters. The van der Waals surface area contributed by atoms with E-state index >= 15 is 0 Å². The van der Waals surface area contributed by atoms with Crippen LogP contribution in [0.2, 0.25) is 5.02 Å². The van der Waals surface area contributed by atoms with Gasteiger partial charge in [-0.1, -0.05) is 60.1 Å². The molecule has 0 aliphatic rings. The van der Waals surface area contributed by atoms with Crippen molar-refractivity contribution in [2.75, 3.05) is 0 Å². The maximum atomic E-state index is 14.6. The average Bonchev–Trinajstić information content (AvgIpc) is 2.72. The lowest BCUT2D eigenvalue weighted by Crippen LogP contribution is -2.24. The molecule has 0 bridgehead atoms. The molecule has 3 aromatic carbocycles. The third kappa shape index (κ3) is 3.59. The monoisotopic (exact) mass is 390 g/mol. The number of amides is 1. The second-order valence-corrected chi connectivity index (χ2v) is 6.76. The van der Waals surface area contributed by atoms with Crippen LogP contribution in [0.5, 0.6) is 0 Å². The molecule has 4 rings (SSSR count). The molecule has 1 N–H and O–H groups in total.